The van der Waals surface area contributed by atoms with Gasteiger partial charge in [0, 0.05) is 12.8 Å². The van der Waals surface area contributed by atoms with E-state index in [2.05, 4.69) is 26.0 Å². The molecule has 0 spiro atoms. The van der Waals surface area contributed by atoms with Gasteiger partial charge in [-0.1, -0.05) is 103 Å². The van der Waals surface area contributed by atoms with E-state index in [-0.39, 0.29) is 12.1 Å². The SMILES string of the molecule is CCCC/C=C\CCCCCCCC(=O)OC(CCC)CCCCCCCCCCC(=O)O. The number of allylic oxidation sites excluding steroid dienone is 2. The van der Waals surface area contributed by atoms with Crippen LogP contribution >= 0.6 is 0 Å². The fraction of sp³-hybridized carbons (Fsp3) is 0.862. The number of aliphatic carboxylic acids is 1. The van der Waals surface area contributed by atoms with Crippen molar-refractivity contribution < 1.29 is 19.4 Å². The number of hydrogen-bond acceptors (Lipinski definition) is 3. The van der Waals surface area contributed by atoms with Gasteiger partial charge in [-0.05, 0) is 51.4 Å². The van der Waals surface area contributed by atoms with E-state index in [9.17, 15) is 9.59 Å². The van der Waals surface area contributed by atoms with Gasteiger partial charge in [-0.2, -0.15) is 0 Å². The van der Waals surface area contributed by atoms with Crippen molar-refractivity contribution in [2.45, 2.75) is 161 Å². The molecule has 194 valence electrons. The number of carbonyl (C=O) groups excluding carboxylic acids is 1. The van der Waals surface area contributed by atoms with Crippen molar-refractivity contribution in [1.29, 1.82) is 0 Å². The van der Waals surface area contributed by atoms with Crippen molar-refractivity contribution >= 4 is 11.9 Å². The third kappa shape index (κ3) is 25.1. The van der Waals surface area contributed by atoms with Gasteiger partial charge in [-0.25, -0.2) is 0 Å². The normalized spacial score (nSPS) is 12.3. The number of carbonyl (C=O) groups is 2. The van der Waals surface area contributed by atoms with Crippen LogP contribution < -0.4 is 0 Å². The predicted octanol–water partition coefficient (Wildman–Crippen LogP) is 9.16. The third-order valence-corrected chi connectivity index (χ3v) is 6.22. The molecule has 33 heavy (non-hydrogen) atoms. The van der Waals surface area contributed by atoms with E-state index in [4.69, 9.17) is 9.84 Å². The third-order valence-electron chi connectivity index (χ3n) is 6.22. The molecule has 0 radical (unpaired) electrons. The minimum absolute atomic E-state index is 0.00586. The lowest BCUT2D eigenvalue weighted by atomic mass is 10.0. The maximum Gasteiger partial charge on any atom is 0.306 e. The number of rotatable bonds is 25. The Labute approximate surface area is 204 Å². The Balaban J connectivity index is 3.63. The molecule has 0 bridgehead atoms. The van der Waals surface area contributed by atoms with Crippen LogP contribution in [-0.2, 0) is 14.3 Å². The van der Waals surface area contributed by atoms with Crippen LogP contribution in [0.1, 0.15) is 155 Å². The summed E-state index contributed by atoms with van der Waals surface area (Å²) in [6.07, 6.45) is 28.4. The fourth-order valence-corrected chi connectivity index (χ4v) is 4.16. The molecule has 1 atom stereocenters. The molecule has 0 heterocycles. The summed E-state index contributed by atoms with van der Waals surface area (Å²) in [4.78, 5) is 22.7. The van der Waals surface area contributed by atoms with Gasteiger partial charge in [-0.3, -0.25) is 9.59 Å². The Kier molecular flexibility index (Phi) is 24.3. The average Bonchev–Trinajstić information content (AvgIpc) is 2.78. The molecular weight excluding hydrogens is 412 g/mol. The summed E-state index contributed by atoms with van der Waals surface area (Å²) in [7, 11) is 0. The largest absolute Gasteiger partial charge is 0.481 e. The molecule has 0 saturated heterocycles. The molecule has 0 aliphatic rings. The summed E-state index contributed by atoms with van der Waals surface area (Å²) in [5.41, 5.74) is 0. The number of carboxylic acids is 1. The zero-order chi connectivity index (χ0) is 24.4. The summed E-state index contributed by atoms with van der Waals surface area (Å²) >= 11 is 0. The lowest BCUT2D eigenvalue weighted by Gasteiger charge is -2.17. The van der Waals surface area contributed by atoms with Crippen LogP contribution in [0.2, 0.25) is 0 Å². The second-order valence-corrected chi connectivity index (χ2v) is 9.58. The smallest absolute Gasteiger partial charge is 0.306 e. The first kappa shape index (κ1) is 31.7. The first-order valence-corrected chi connectivity index (χ1v) is 14.2. The zero-order valence-corrected chi connectivity index (χ0v) is 22.0. The van der Waals surface area contributed by atoms with Crippen molar-refractivity contribution in [2.75, 3.05) is 0 Å². The molecule has 1 N–H and O–H groups in total. The van der Waals surface area contributed by atoms with E-state index in [1.165, 1.54) is 70.6 Å². The van der Waals surface area contributed by atoms with Gasteiger partial charge in [0.15, 0.2) is 0 Å². The Hall–Kier alpha value is -1.32. The van der Waals surface area contributed by atoms with E-state index < -0.39 is 5.97 Å². The quantitative estimate of drug-likeness (QED) is 0.0827. The van der Waals surface area contributed by atoms with Gasteiger partial charge >= 0.3 is 11.9 Å². The van der Waals surface area contributed by atoms with Gasteiger partial charge in [0.25, 0.3) is 0 Å². The molecule has 1 unspecified atom stereocenters. The van der Waals surface area contributed by atoms with Crippen LogP contribution in [0.25, 0.3) is 0 Å². The van der Waals surface area contributed by atoms with Crippen LogP contribution in [0.15, 0.2) is 12.2 Å². The van der Waals surface area contributed by atoms with Crippen molar-refractivity contribution in [3.05, 3.63) is 12.2 Å². The highest BCUT2D eigenvalue weighted by atomic mass is 16.5. The lowest BCUT2D eigenvalue weighted by Crippen LogP contribution is -2.18. The van der Waals surface area contributed by atoms with Crippen molar-refractivity contribution in [2.24, 2.45) is 0 Å². The number of ether oxygens (including phenoxy) is 1. The van der Waals surface area contributed by atoms with E-state index in [0.29, 0.717) is 12.8 Å². The second kappa shape index (κ2) is 25.3. The predicted molar refractivity (Wildman–Crippen MR) is 140 cm³/mol. The first-order chi connectivity index (χ1) is 16.1. The number of unbranched alkanes of at least 4 members (excludes halogenated alkanes) is 14. The highest BCUT2D eigenvalue weighted by Crippen LogP contribution is 2.16. The van der Waals surface area contributed by atoms with E-state index in [0.717, 1.165) is 57.8 Å². The summed E-state index contributed by atoms with van der Waals surface area (Å²) in [6.45, 7) is 4.39. The molecule has 0 aromatic heterocycles. The Morgan fingerprint density at radius 2 is 1.15 bits per heavy atom. The minimum Gasteiger partial charge on any atom is -0.481 e. The van der Waals surface area contributed by atoms with Crippen LogP contribution in [0.4, 0.5) is 0 Å². The van der Waals surface area contributed by atoms with E-state index >= 15 is 0 Å². The van der Waals surface area contributed by atoms with Crippen LogP contribution in [0.3, 0.4) is 0 Å². The van der Waals surface area contributed by atoms with Crippen molar-refractivity contribution in [1.82, 2.24) is 0 Å². The second-order valence-electron chi connectivity index (χ2n) is 9.58. The molecule has 0 aromatic rings. The molecule has 0 saturated carbocycles. The van der Waals surface area contributed by atoms with Gasteiger partial charge in [-0.15, -0.1) is 0 Å². The van der Waals surface area contributed by atoms with Crippen molar-refractivity contribution in [3.8, 4) is 0 Å². The molecule has 0 aromatic carbocycles. The van der Waals surface area contributed by atoms with Crippen molar-refractivity contribution in [3.63, 3.8) is 0 Å². The topological polar surface area (TPSA) is 63.6 Å². The van der Waals surface area contributed by atoms with E-state index in [1.54, 1.807) is 0 Å². The monoisotopic (exact) mass is 466 g/mol. The summed E-state index contributed by atoms with van der Waals surface area (Å²) in [5.74, 6) is -0.692. The maximum atomic E-state index is 12.2. The number of esters is 1. The zero-order valence-electron chi connectivity index (χ0n) is 22.0. The number of carboxylic acid groups (broad SMARTS) is 1. The molecule has 0 fully saturated rings. The van der Waals surface area contributed by atoms with Crippen LogP contribution in [0, 0.1) is 0 Å². The van der Waals surface area contributed by atoms with E-state index in [1.807, 2.05) is 0 Å². The molecule has 0 aliphatic carbocycles. The first-order valence-electron chi connectivity index (χ1n) is 14.2. The highest BCUT2D eigenvalue weighted by Gasteiger charge is 2.13. The Morgan fingerprint density at radius 1 is 0.636 bits per heavy atom. The van der Waals surface area contributed by atoms with Crippen LogP contribution in [-0.4, -0.2) is 23.1 Å². The molecular formula is C29H54O4. The summed E-state index contributed by atoms with van der Waals surface area (Å²) in [6, 6.07) is 0. The maximum absolute atomic E-state index is 12.2. The van der Waals surface area contributed by atoms with Gasteiger partial charge in [0.2, 0.25) is 0 Å². The molecule has 0 aliphatic heterocycles. The van der Waals surface area contributed by atoms with Gasteiger partial charge in [0.1, 0.15) is 6.10 Å². The standard InChI is InChI=1S/C29H54O4/c1-3-5-6-7-8-9-10-11-16-19-22-26-29(32)33-27(23-4-2)24-20-17-14-12-13-15-18-21-25-28(30)31/h7-8,27H,3-6,9-26H2,1-2H3,(H,30,31)/b8-7-. The number of hydrogen-bond donors (Lipinski definition) is 1. The fourth-order valence-electron chi connectivity index (χ4n) is 4.16. The van der Waals surface area contributed by atoms with Gasteiger partial charge in [0.05, 0.1) is 0 Å². The summed E-state index contributed by atoms with van der Waals surface area (Å²) < 4.78 is 5.78. The highest BCUT2D eigenvalue weighted by molar-refractivity contribution is 5.69. The molecule has 0 rings (SSSR count). The average molecular weight is 467 g/mol. The minimum atomic E-state index is -0.686. The van der Waals surface area contributed by atoms with Crippen LogP contribution in [0.5, 0.6) is 0 Å². The molecule has 4 nitrogen and oxygen atoms in total. The molecule has 0 amide bonds. The summed E-state index contributed by atoms with van der Waals surface area (Å²) in [5, 5.41) is 8.63. The Bertz CT molecular complexity index is 472. The lowest BCUT2D eigenvalue weighted by molar-refractivity contribution is -0.150. The molecule has 4 heteroatoms. The van der Waals surface area contributed by atoms with Gasteiger partial charge < -0.3 is 9.84 Å². The Morgan fingerprint density at radius 3 is 1.73 bits per heavy atom.